The van der Waals surface area contributed by atoms with Crippen molar-refractivity contribution in [1.29, 1.82) is 0 Å². The third-order valence-corrected chi connectivity index (χ3v) is 5.04. The van der Waals surface area contributed by atoms with Crippen molar-refractivity contribution in [1.82, 2.24) is 19.7 Å². The van der Waals surface area contributed by atoms with Gasteiger partial charge in [0.1, 0.15) is 12.1 Å². The molecule has 1 saturated heterocycles. The lowest BCUT2D eigenvalue weighted by atomic mass is 10.2. The third kappa shape index (κ3) is 2.16. The molecule has 1 aliphatic rings. The zero-order chi connectivity index (χ0) is 13.5. The molecule has 1 aliphatic heterocycles. The summed E-state index contributed by atoms with van der Waals surface area (Å²) in [5, 5.41) is 8.27. The number of anilines is 1. The maximum absolute atomic E-state index is 11.6. The summed E-state index contributed by atoms with van der Waals surface area (Å²) in [4.78, 5) is 8.40. The summed E-state index contributed by atoms with van der Waals surface area (Å²) in [6.07, 6.45) is 3.76. The predicted octanol–water partition coefficient (Wildman–Crippen LogP) is 0.618. The molecule has 1 fully saturated rings. The zero-order valence-electron chi connectivity index (χ0n) is 10.6. The van der Waals surface area contributed by atoms with Crippen molar-refractivity contribution in [3.05, 3.63) is 12.5 Å². The van der Waals surface area contributed by atoms with E-state index in [9.17, 15) is 8.42 Å². The van der Waals surface area contributed by atoms with Crippen LogP contribution in [0.2, 0.25) is 0 Å². The summed E-state index contributed by atoms with van der Waals surface area (Å²) in [6, 6.07) is -0.119. The van der Waals surface area contributed by atoms with Gasteiger partial charge in [0.2, 0.25) is 0 Å². The first-order valence-electron chi connectivity index (χ1n) is 6.23. The lowest BCUT2D eigenvalue weighted by Gasteiger charge is -2.09. The van der Waals surface area contributed by atoms with E-state index >= 15 is 0 Å². The molecule has 3 heterocycles. The lowest BCUT2D eigenvalue weighted by Crippen LogP contribution is -2.13. The van der Waals surface area contributed by atoms with Crippen LogP contribution >= 0.6 is 0 Å². The first-order valence-corrected chi connectivity index (χ1v) is 8.05. The van der Waals surface area contributed by atoms with Crippen molar-refractivity contribution < 1.29 is 8.42 Å². The van der Waals surface area contributed by atoms with E-state index in [-0.39, 0.29) is 17.5 Å². The molecule has 8 heteroatoms. The van der Waals surface area contributed by atoms with Gasteiger partial charge in [-0.25, -0.2) is 23.1 Å². The third-order valence-electron chi connectivity index (χ3n) is 3.29. The van der Waals surface area contributed by atoms with Crippen LogP contribution in [0.3, 0.4) is 0 Å². The minimum atomic E-state index is -2.93. The van der Waals surface area contributed by atoms with Crippen molar-refractivity contribution in [3.63, 3.8) is 0 Å². The Hall–Kier alpha value is -1.70. The van der Waals surface area contributed by atoms with Gasteiger partial charge in [-0.1, -0.05) is 0 Å². The van der Waals surface area contributed by atoms with Crippen molar-refractivity contribution in [2.24, 2.45) is 0 Å². The molecule has 0 saturated carbocycles. The fourth-order valence-electron chi connectivity index (χ4n) is 2.41. The number of fused-ring (bicyclic) bond motifs is 1. The molecule has 0 spiro atoms. The average molecular weight is 281 g/mol. The van der Waals surface area contributed by atoms with Gasteiger partial charge in [-0.05, 0) is 13.3 Å². The van der Waals surface area contributed by atoms with E-state index in [1.54, 1.807) is 10.9 Å². The summed E-state index contributed by atoms with van der Waals surface area (Å²) >= 11 is 0. The Morgan fingerprint density at radius 2 is 2.32 bits per heavy atom. The van der Waals surface area contributed by atoms with Gasteiger partial charge in [0.15, 0.2) is 15.5 Å². The normalized spacial score (nSPS) is 21.8. The van der Waals surface area contributed by atoms with Crippen LogP contribution in [0, 0.1) is 0 Å². The number of hydrogen-bond donors (Lipinski definition) is 1. The number of rotatable bonds is 3. The molecule has 0 aromatic carbocycles. The Morgan fingerprint density at radius 3 is 3.00 bits per heavy atom. The van der Waals surface area contributed by atoms with Crippen LogP contribution in [-0.4, -0.2) is 46.2 Å². The Morgan fingerprint density at radius 1 is 1.47 bits per heavy atom. The molecule has 2 aromatic heterocycles. The van der Waals surface area contributed by atoms with Crippen molar-refractivity contribution in [2.45, 2.75) is 19.4 Å². The standard InChI is InChI=1S/C11H15N5O2S/c1-2-12-10-9-5-15-16(11(9)14-7-13-10)8-3-4-19(17,18)6-8/h5,7-8H,2-4,6H2,1H3,(H,12,13,14). The van der Waals surface area contributed by atoms with E-state index in [1.165, 1.54) is 6.33 Å². The number of aromatic nitrogens is 4. The maximum Gasteiger partial charge on any atom is 0.163 e. The molecular weight excluding hydrogens is 266 g/mol. The van der Waals surface area contributed by atoms with Gasteiger partial charge in [-0.2, -0.15) is 5.10 Å². The van der Waals surface area contributed by atoms with E-state index in [2.05, 4.69) is 20.4 Å². The molecule has 1 N–H and O–H groups in total. The number of hydrogen-bond acceptors (Lipinski definition) is 6. The van der Waals surface area contributed by atoms with Gasteiger partial charge >= 0.3 is 0 Å². The van der Waals surface area contributed by atoms with Crippen LogP contribution in [0.5, 0.6) is 0 Å². The first kappa shape index (κ1) is 12.3. The van der Waals surface area contributed by atoms with E-state index in [0.717, 1.165) is 17.7 Å². The fourth-order valence-corrected chi connectivity index (χ4v) is 4.10. The highest BCUT2D eigenvalue weighted by Crippen LogP contribution is 2.27. The summed E-state index contributed by atoms with van der Waals surface area (Å²) in [5.74, 6) is 1.11. The highest BCUT2D eigenvalue weighted by molar-refractivity contribution is 7.91. The van der Waals surface area contributed by atoms with Crippen molar-refractivity contribution in [2.75, 3.05) is 23.4 Å². The predicted molar refractivity (Wildman–Crippen MR) is 71.8 cm³/mol. The minimum absolute atomic E-state index is 0.119. The molecule has 0 amide bonds. The van der Waals surface area contributed by atoms with Gasteiger partial charge < -0.3 is 5.32 Å². The van der Waals surface area contributed by atoms with Gasteiger partial charge in [0.05, 0.1) is 29.1 Å². The van der Waals surface area contributed by atoms with Crippen LogP contribution in [0.25, 0.3) is 11.0 Å². The summed E-state index contributed by atoms with van der Waals surface area (Å²) < 4.78 is 24.8. The molecule has 19 heavy (non-hydrogen) atoms. The van der Waals surface area contributed by atoms with Crippen LogP contribution in [0.1, 0.15) is 19.4 Å². The van der Waals surface area contributed by atoms with Gasteiger partial charge in [-0.3, -0.25) is 0 Å². The molecule has 1 unspecified atom stereocenters. The largest absolute Gasteiger partial charge is 0.370 e. The monoisotopic (exact) mass is 281 g/mol. The van der Waals surface area contributed by atoms with Gasteiger partial charge in [-0.15, -0.1) is 0 Å². The number of nitrogens with zero attached hydrogens (tertiary/aromatic N) is 4. The van der Waals surface area contributed by atoms with Gasteiger partial charge in [0, 0.05) is 6.54 Å². The molecule has 0 aliphatic carbocycles. The van der Waals surface area contributed by atoms with E-state index in [4.69, 9.17) is 0 Å². The lowest BCUT2D eigenvalue weighted by molar-refractivity contribution is 0.512. The quantitative estimate of drug-likeness (QED) is 0.887. The second-order valence-electron chi connectivity index (χ2n) is 4.64. The molecule has 7 nitrogen and oxygen atoms in total. The number of nitrogens with one attached hydrogen (secondary N) is 1. The SMILES string of the molecule is CCNc1ncnc2c1cnn2C1CCS(=O)(=O)C1. The molecule has 1 atom stereocenters. The first-order chi connectivity index (χ1) is 9.11. The Kier molecular flexibility index (Phi) is 2.89. The Balaban J connectivity index is 2.04. The molecule has 3 rings (SSSR count). The smallest absolute Gasteiger partial charge is 0.163 e. The highest BCUT2D eigenvalue weighted by atomic mass is 32.2. The summed E-state index contributed by atoms with van der Waals surface area (Å²) in [7, 11) is -2.93. The second-order valence-corrected chi connectivity index (χ2v) is 6.86. The van der Waals surface area contributed by atoms with Gasteiger partial charge in [0.25, 0.3) is 0 Å². The highest BCUT2D eigenvalue weighted by Gasteiger charge is 2.31. The van der Waals surface area contributed by atoms with Crippen LogP contribution in [0.4, 0.5) is 5.82 Å². The number of sulfone groups is 1. The summed E-state index contributed by atoms with van der Waals surface area (Å²) in [5.41, 5.74) is 0.688. The second kappa shape index (κ2) is 4.44. The van der Waals surface area contributed by atoms with Crippen molar-refractivity contribution >= 4 is 26.7 Å². The van der Waals surface area contributed by atoms with Crippen molar-refractivity contribution in [3.8, 4) is 0 Å². The van der Waals surface area contributed by atoms with E-state index in [1.807, 2.05) is 6.92 Å². The Bertz CT molecular complexity index is 709. The minimum Gasteiger partial charge on any atom is -0.370 e. The molecule has 0 bridgehead atoms. The van der Waals surface area contributed by atoms with E-state index in [0.29, 0.717) is 12.1 Å². The van der Waals surface area contributed by atoms with Crippen LogP contribution in [0.15, 0.2) is 12.5 Å². The summed E-state index contributed by atoms with van der Waals surface area (Å²) in [6.45, 7) is 2.75. The molecule has 0 radical (unpaired) electrons. The molecule has 2 aromatic rings. The average Bonchev–Trinajstić information content (AvgIpc) is 2.93. The zero-order valence-corrected chi connectivity index (χ0v) is 11.4. The maximum atomic E-state index is 11.6. The van der Waals surface area contributed by atoms with Crippen LogP contribution in [-0.2, 0) is 9.84 Å². The van der Waals surface area contributed by atoms with E-state index < -0.39 is 9.84 Å². The molecule has 102 valence electrons. The van der Waals surface area contributed by atoms with Crippen LogP contribution < -0.4 is 5.32 Å². The molecular formula is C11H15N5O2S. The Labute approximate surface area is 111 Å². The fraction of sp³-hybridized carbons (Fsp3) is 0.545. The topological polar surface area (TPSA) is 89.8 Å².